The fraction of sp³-hybridized carbons (Fsp3) is 0.0370. The van der Waals surface area contributed by atoms with Gasteiger partial charge in [0.2, 0.25) is 0 Å². The molecule has 0 radical (unpaired) electrons. The molecular weight excluding hydrogens is 464 g/mol. The lowest BCUT2D eigenvalue weighted by Gasteiger charge is -2.07. The first-order valence-electron chi connectivity index (χ1n) is 10.8. The highest BCUT2D eigenvalue weighted by Crippen LogP contribution is 2.41. The fourth-order valence-electron chi connectivity index (χ4n) is 4.67. The van der Waals surface area contributed by atoms with Gasteiger partial charge in [-0.3, -0.25) is 0 Å². The first kappa shape index (κ1) is 21.1. The first-order valence-corrected chi connectivity index (χ1v) is 12.3. The Morgan fingerprint density at radius 2 is 1.17 bits per heavy atom. The van der Waals surface area contributed by atoms with Gasteiger partial charge in [-0.1, -0.05) is 54.6 Å². The van der Waals surface area contributed by atoms with Gasteiger partial charge in [0.05, 0.1) is 21.6 Å². The fourth-order valence-corrected chi connectivity index (χ4v) is 6.07. The number of cyclic esters (lactones) is 2. The van der Waals surface area contributed by atoms with Crippen molar-refractivity contribution in [2.24, 2.45) is 7.05 Å². The SMILES string of the molecule is Cn1cc(C2=C(c3cn(S(=O)(=O)c4ccccc4)c4ccccc34)C(=O)OC2=O)c2ccccc21. The summed E-state index contributed by atoms with van der Waals surface area (Å²) in [7, 11) is -2.11. The molecule has 0 amide bonds. The normalized spacial score (nSPS) is 14.3. The van der Waals surface area contributed by atoms with E-state index in [9.17, 15) is 18.0 Å². The predicted octanol–water partition coefficient (Wildman–Crippen LogP) is 4.36. The number of benzene rings is 3. The molecule has 0 saturated carbocycles. The van der Waals surface area contributed by atoms with Crippen LogP contribution in [0.4, 0.5) is 0 Å². The van der Waals surface area contributed by atoms with Crippen LogP contribution in [0.1, 0.15) is 11.1 Å². The average Bonchev–Trinajstić information content (AvgIpc) is 3.50. The number of carbonyl (C=O) groups is 2. The lowest BCUT2D eigenvalue weighted by molar-refractivity contribution is -0.149. The van der Waals surface area contributed by atoms with E-state index in [4.69, 9.17) is 4.74 Å². The van der Waals surface area contributed by atoms with E-state index in [1.165, 1.54) is 18.3 Å². The molecule has 0 unspecified atom stereocenters. The van der Waals surface area contributed by atoms with Gasteiger partial charge in [0.15, 0.2) is 0 Å². The number of fused-ring (bicyclic) bond motifs is 2. The Morgan fingerprint density at radius 3 is 1.83 bits per heavy atom. The second kappa shape index (κ2) is 7.54. The molecule has 0 fully saturated rings. The molecule has 6 rings (SSSR count). The minimum atomic E-state index is -3.97. The van der Waals surface area contributed by atoms with Crippen molar-refractivity contribution in [2.75, 3.05) is 0 Å². The van der Waals surface area contributed by atoms with Crippen LogP contribution in [0.5, 0.6) is 0 Å². The minimum absolute atomic E-state index is 0.0459. The van der Waals surface area contributed by atoms with Crippen molar-refractivity contribution in [3.05, 3.63) is 102 Å². The Balaban J connectivity index is 1.68. The van der Waals surface area contributed by atoms with Crippen molar-refractivity contribution < 1.29 is 22.7 Å². The molecule has 3 heterocycles. The number of rotatable bonds is 4. The van der Waals surface area contributed by atoms with Crippen LogP contribution in [0.2, 0.25) is 0 Å². The Kier molecular flexibility index (Phi) is 4.55. The molecule has 172 valence electrons. The number of hydrogen-bond acceptors (Lipinski definition) is 5. The Labute approximate surface area is 200 Å². The molecule has 3 aromatic carbocycles. The van der Waals surface area contributed by atoms with Gasteiger partial charge in [0.25, 0.3) is 10.0 Å². The van der Waals surface area contributed by atoms with Crippen molar-refractivity contribution in [1.82, 2.24) is 8.54 Å². The van der Waals surface area contributed by atoms with Crippen LogP contribution in [0.15, 0.2) is 96.2 Å². The van der Waals surface area contributed by atoms with Crippen LogP contribution in [-0.2, 0) is 31.4 Å². The van der Waals surface area contributed by atoms with E-state index in [2.05, 4.69) is 0 Å². The van der Waals surface area contributed by atoms with Crippen LogP contribution in [0.25, 0.3) is 33.0 Å². The zero-order valence-corrected chi connectivity index (χ0v) is 19.3. The van der Waals surface area contributed by atoms with Gasteiger partial charge < -0.3 is 9.30 Å². The maximum absolute atomic E-state index is 13.5. The number of aryl methyl sites for hydroxylation is 1. The number of ether oxygens (including phenoxy) is 1. The molecule has 0 spiro atoms. The summed E-state index contributed by atoms with van der Waals surface area (Å²) in [4.78, 5) is 26.1. The highest BCUT2D eigenvalue weighted by atomic mass is 32.2. The zero-order chi connectivity index (χ0) is 24.3. The minimum Gasteiger partial charge on any atom is -0.386 e. The van der Waals surface area contributed by atoms with Crippen molar-refractivity contribution >= 4 is 54.9 Å². The molecule has 0 atom stereocenters. The number of hydrogen-bond donors (Lipinski definition) is 0. The van der Waals surface area contributed by atoms with Gasteiger partial charge in [-0.25, -0.2) is 22.0 Å². The monoisotopic (exact) mass is 482 g/mol. The van der Waals surface area contributed by atoms with Gasteiger partial charge in [0.1, 0.15) is 0 Å². The second-order valence-corrected chi connectivity index (χ2v) is 10.1. The molecule has 2 aromatic heterocycles. The van der Waals surface area contributed by atoms with Gasteiger partial charge in [-0.15, -0.1) is 0 Å². The lowest BCUT2D eigenvalue weighted by atomic mass is 9.95. The van der Waals surface area contributed by atoms with E-state index in [0.29, 0.717) is 22.0 Å². The molecule has 35 heavy (non-hydrogen) atoms. The third kappa shape index (κ3) is 3.07. The van der Waals surface area contributed by atoms with Crippen molar-refractivity contribution in [3.63, 3.8) is 0 Å². The van der Waals surface area contributed by atoms with Gasteiger partial charge in [-0.05, 0) is 24.3 Å². The average molecular weight is 483 g/mol. The van der Waals surface area contributed by atoms with E-state index < -0.39 is 22.0 Å². The van der Waals surface area contributed by atoms with Crippen LogP contribution >= 0.6 is 0 Å². The zero-order valence-electron chi connectivity index (χ0n) is 18.5. The Bertz CT molecular complexity index is 1830. The first-order chi connectivity index (χ1) is 16.9. The van der Waals surface area contributed by atoms with E-state index in [0.717, 1.165) is 14.9 Å². The van der Waals surface area contributed by atoms with Crippen molar-refractivity contribution in [1.29, 1.82) is 0 Å². The number of nitrogens with zero attached hydrogens (tertiary/aromatic N) is 2. The number of carbonyl (C=O) groups excluding carboxylic acids is 2. The molecule has 0 N–H and O–H groups in total. The van der Waals surface area contributed by atoms with E-state index in [1.54, 1.807) is 48.7 Å². The quantitative estimate of drug-likeness (QED) is 0.281. The van der Waals surface area contributed by atoms with E-state index in [-0.39, 0.29) is 16.0 Å². The molecule has 1 aliphatic heterocycles. The van der Waals surface area contributed by atoms with E-state index >= 15 is 0 Å². The third-order valence-corrected chi connectivity index (χ3v) is 7.95. The number of para-hydroxylation sites is 2. The third-order valence-electron chi connectivity index (χ3n) is 6.26. The van der Waals surface area contributed by atoms with Crippen molar-refractivity contribution in [2.45, 2.75) is 4.90 Å². The highest BCUT2D eigenvalue weighted by molar-refractivity contribution is 7.90. The van der Waals surface area contributed by atoms with Crippen molar-refractivity contribution in [3.8, 4) is 0 Å². The molecule has 0 aliphatic carbocycles. The summed E-state index contributed by atoms with van der Waals surface area (Å²) in [6.45, 7) is 0. The van der Waals surface area contributed by atoms with Crippen LogP contribution < -0.4 is 0 Å². The number of aromatic nitrogens is 2. The molecule has 1 aliphatic rings. The summed E-state index contributed by atoms with van der Waals surface area (Å²) >= 11 is 0. The molecule has 0 bridgehead atoms. The summed E-state index contributed by atoms with van der Waals surface area (Å²) in [6, 6.07) is 22.5. The van der Waals surface area contributed by atoms with Crippen LogP contribution in [0.3, 0.4) is 0 Å². The second-order valence-electron chi connectivity index (χ2n) is 8.27. The highest BCUT2D eigenvalue weighted by Gasteiger charge is 2.38. The Hall–Kier alpha value is -4.43. The molecule has 7 nitrogen and oxygen atoms in total. The standard InChI is InChI=1S/C27H18N2O5S/c1-28-15-20(18-11-5-7-13-22(18)28)24-25(27(31)34-26(24)30)21-16-29(23-14-8-6-12-19(21)23)35(32,33)17-9-3-2-4-10-17/h2-16H,1H3. The summed E-state index contributed by atoms with van der Waals surface area (Å²) in [5, 5.41) is 1.31. The largest absolute Gasteiger partial charge is 0.386 e. The van der Waals surface area contributed by atoms with E-state index in [1.807, 2.05) is 35.9 Å². The van der Waals surface area contributed by atoms with Gasteiger partial charge in [0, 0.05) is 46.9 Å². The summed E-state index contributed by atoms with van der Waals surface area (Å²) in [5.41, 5.74) is 2.31. The number of esters is 2. The summed E-state index contributed by atoms with van der Waals surface area (Å²) < 4.78 is 35.1. The van der Waals surface area contributed by atoms with Crippen LogP contribution in [0, 0.1) is 0 Å². The maximum atomic E-state index is 13.5. The molecule has 5 aromatic rings. The molecule has 0 saturated heterocycles. The Morgan fingerprint density at radius 1 is 0.657 bits per heavy atom. The van der Waals surface area contributed by atoms with Gasteiger partial charge in [-0.2, -0.15) is 0 Å². The maximum Gasteiger partial charge on any atom is 0.347 e. The summed E-state index contributed by atoms with van der Waals surface area (Å²) in [6.07, 6.45) is 3.17. The topological polar surface area (TPSA) is 87.4 Å². The molecule has 8 heteroatoms. The van der Waals surface area contributed by atoms with Gasteiger partial charge >= 0.3 is 11.9 Å². The van der Waals surface area contributed by atoms with Crippen LogP contribution in [-0.4, -0.2) is 28.9 Å². The summed E-state index contributed by atoms with van der Waals surface area (Å²) in [5.74, 6) is -1.57. The molecular formula is C27H18N2O5S. The lowest BCUT2D eigenvalue weighted by Crippen LogP contribution is -2.11. The predicted molar refractivity (Wildman–Crippen MR) is 132 cm³/mol. The smallest absolute Gasteiger partial charge is 0.347 e.